The van der Waals surface area contributed by atoms with E-state index in [9.17, 15) is 4.79 Å². The highest BCUT2D eigenvalue weighted by atomic mass is 16.4. The second-order valence-electron chi connectivity index (χ2n) is 5.62. The molecule has 1 fully saturated rings. The summed E-state index contributed by atoms with van der Waals surface area (Å²) in [5.74, 6) is -0.0976. The van der Waals surface area contributed by atoms with Gasteiger partial charge >= 0.3 is 5.97 Å². The molecule has 3 nitrogen and oxygen atoms in total. The Balaban J connectivity index is 1.68. The van der Waals surface area contributed by atoms with Gasteiger partial charge in [0.1, 0.15) is 0 Å². The predicted molar refractivity (Wildman–Crippen MR) is 75.1 cm³/mol. The Morgan fingerprint density at radius 2 is 1.95 bits per heavy atom. The Bertz CT molecular complexity index is 579. The van der Waals surface area contributed by atoms with E-state index in [0.717, 1.165) is 32.1 Å². The van der Waals surface area contributed by atoms with Crippen molar-refractivity contribution < 1.29 is 9.90 Å². The summed E-state index contributed by atoms with van der Waals surface area (Å²) < 4.78 is 0. The summed E-state index contributed by atoms with van der Waals surface area (Å²) in [5, 5.41) is 10.3. The number of benzene rings is 1. The summed E-state index contributed by atoms with van der Waals surface area (Å²) in [6, 6.07) is 8.37. The number of hydrogen-bond donors (Lipinski definition) is 2. The largest absolute Gasteiger partial charge is 0.481 e. The Labute approximate surface area is 112 Å². The molecular formula is C16H19NO2. The molecule has 1 aliphatic carbocycles. The summed E-state index contributed by atoms with van der Waals surface area (Å²) in [4.78, 5) is 14.3. The fourth-order valence-corrected chi connectivity index (χ4v) is 3.23. The van der Waals surface area contributed by atoms with Crippen LogP contribution in [0.5, 0.6) is 0 Å². The molecular weight excluding hydrogens is 238 g/mol. The van der Waals surface area contributed by atoms with Crippen molar-refractivity contribution in [1.82, 2.24) is 4.98 Å². The maximum atomic E-state index is 10.9. The standard InChI is InChI=1S/C16H19NO2/c18-16(19)12-7-5-11(6-8-12)9-13-10-17-15-4-2-1-3-14(13)15/h1-4,10-12,17H,5-9H2,(H,18,19). The number of carbonyl (C=O) groups is 1. The second-order valence-corrected chi connectivity index (χ2v) is 5.62. The van der Waals surface area contributed by atoms with Crippen LogP contribution in [-0.2, 0) is 11.2 Å². The molecule has 0 amide bonds. The number of aromatic nitrogens is 1. The number of nitrogens with one attached hydrogen (secondary N) is 1. The number of hydrogen-bond acceptors (Lipinski definition) is 1. The van der Waals surface area contributed by atoms with Gasteiger partial charge < -0.3 is 10.1 Å². The molecule has 1 aromatic heterocycles. The van der Waals surface area contributed by atoms with E-state index in [4.69, 9.17) is 5.11 Å². The van der Waals surface area contributed by atoms with E-state index in [-0.39, 0.29) is 5.92 Å². The zero-order valence-corrected chi connectivity index (χ0v) is 10.9. The summed E-state index contributed by atoms with van der Waals surface area (Å²) >= 11 is 0. The molecule has 1 aromatic carbocycles. The fourth-order valence-electron chi connectivity index (χ4n) is 3.23. The van der Waals surface area contributed by atoms with Crippen molar-refractivity contribution in [2.24, 2.45) is 11.8 Å². The van der Waals surface area contributed by atoms with Crippen LogP contribution >= 0.6 is 0 Å². The van der Waals surface area contributed by atoms with Crippen LogP contribution in [0.2, 0.25) is 0 Å². The van der Waals surface area contributed by atoms with Crippen LogP contribution in [0.4, 0.5) is 0 Å². The lowest BCUT2D eigenvalue weighted by molar-refractivity contribution is -0.143. The highest BCUT2D eigenvalue weighted by Gasteiger charge is 2.26. The number of aromatic amines is 1. The number of rotatable bonds is 3. The second kappa shape index (κ2) is 5.08. The number of carboxylic acid groups (broad SMARTS) is 1. The van der Waals surface area contributed by atoms with Crippen LogP contribution < -0.4 is 0 Å². The first-order valence-electron chi connectivity index (χ1n) is 7.02. The van der Waals surface area contributed by atoms with Crippen molar-refractivity contribution >= 4 is 16.9 Å². The molecule has 100 valence electrons. The topological polar surface area (TPSA) is 53.1 Å². The normalized spacial score (nSPS) is 23.6. The highest BCUT2D eigenvalue weighted by molar-refractivity contribution is 5.83. The van der Waals surface area contributed by atoms with E-state index >= 15 is 0 Å². The first-order chi connectivity index (χ1) is 9.24. The third-order valence-electron chi connectivity index (χ3n) is 4.38. The molecule has 0 atom stereocenters. The Hall–Kier alpha value is -1.77. The molecule has 0 aliphatic heterocycles. The van der Waals surface area contributed by atoms with Gasteiger partial charge in [-0.1, -0.05) is 18.2 Å². The van der Waals surface area contributed by atoms with Crippen molar-refractivity contribution in [2.45, 2.75) is 32.1 Å². The fraction of sp³-hybridized carbons (Fsp3) is 0.438. The lowest BCUT2D eigenvalue weighted by Gasteiger charge is -2.25. The molecule has 2 aromatic rings. The Morgan fingerprint density at radius 1 is 1.21 bits per heavy atom. The SMILES string of the molecule is O=C(O)C1CCC(Cc2c[nH]c3ccccc23)CC1. The summed E-state index contributed by atoms with van der Waals surface area (Å²) in [7, 11) is 0. The minimum Gasteiger partial charge on any atom is -0.481 e. The first kappa shape index (κ1) is 12.3. The number of fused-ring (bicyclic) bond motifs is 1. The Kier molecular flexibility index (Phi) is 3.28. The maximum absolute atomic E-state index is 10.9. The quantitative estimate of drug-likeness (QED) is 0.882. The minimum atomic E-state index is -0.620. The van der Waals surface area contributed by atoms with Crippen molar-refractivity contribution in [2.75, 3.05) is 0 Å². The van der Waals surface area contributed by atoms with Crippen LogP contribution in [0.1, 0.15) is 31.2 Å². The number of aliphatic carboxylic acids is 1. The Morgan fingerprint density at radius 3 is 2.68 bits per heavy atom. The molecule has 1 aliphatic rings. The van der Waals surface area contributed by atoms with Crippen LogP contribution in [0.3, 0.4) is 0 Å². The zero-order chi connectivity index (χ0) is 13.2. The summed E-state index contributed by atoms with van der Waals surface area (Å²) in [5.41, 5.74) is 2.56. The molecule has 0 unspecified atom stereocenters. The lowest BCUT2D eigenvalue weighted by atomic mass is 9.79. The van der Waals surface area contributed by atoms with Gasteiger partial charge in [0, 0.05) is 17.1 Å². The van der Waals surface area contributed by atoms with Crippen molar-refractivity contribution in [3.05, 3.63) is 36.0 Å². The van der Waals surface area contributed by atoms with E-state index < -0.39 is 5.97 Å². The molecule has 0 saturated heterocycles. The molecule has 0 spiro atoms. The predicted octanol–water partition coefficient (Wildman–Crippen LogP) is 3.60. The molecule has 0 radical (unpaired) electrons. The first-order valence-corrected chi connectivity index (χ1v) is 7.02. The third-order valence-corrected chi connectivity index (χ3v) is 4.38. The van der Waals surface area contributed by atoms with Crippen LogP contribution in [0.15, 0.2) is 30.5 Å². The highest BCUT2D eigenvalue weighted by Crippen LogP contribution is 2.32. The number of carboxylic acids is 1. The van der Waals surface area contributed by atoms with E-state index in [1.807, 2.05) is 6.07 Å². The van der Waals surface area contributed by atoms with Gasteiger partial charge in [0.25, 0.3) is 0 Å². The molecule has 19 heavy (non-hydrogen) atoms. The van der Waals surface area contributed by atoms with Gasteiger partial charge in [-0.05, 0) is 49.7 Å². The van der Waals surface area contributed by atoms with Crippen LogP contribution in [0, 0.1) is 11.8 Å². The molecule has 3 rings (SSSR count). The lowest BCUT2D eigenvalue weighted by Crippen LogP contribution is -2.22. The molecule has 3 heteroatoms. The third kappa shape index (κ3) is 2.50. The number of para-hydroxylation sites is 1. The zero-order valence-electron chi connectivity index (χ0n) is 10.9. The van der Waals surface area contributed by atoms with Gasteiger partial charge in [-0.25, -0.2) is 0 Å². The average Bonchev–Trinajstić information content (AvgIpc) is 2.83. The van der Waals surface area contributed by atoms with E-state index in [1.165, 1.54) is 16.5 Å². The maximum Gasteiger partial charge on any atom is 0.306 e. The van der Waals surface area contributed by atoms with Gasteiger partial charge in [-0.15, -0.1) is 0 Å². The minimum absolute atomic E-state index is 0.112. The molecule has 1 saturated carbocycles. The molecule has 2 N–H and O–H groups in total. The van der Waals surface area contributed by atoms with Gasteiger partial charge in [0.2, 0.25) is 0 Å². The molecule has 0 bridgehead atoms. The van der Waals surface area contributed by atoms with E-state index in [0.29, 0.717) is 5.92 Å². The number of H-pyrrole nitrogens is 1. The van der Waals surface area contributed by atoms with E-state index in [1.54, 1.807) is 0 Å². The van der Waals surface area contributed by atoms with Crippen LogP contribution in [0.25, 0.3) is 10.9 Å². The van der Waals surface area contributed by atoms with Gasteiger partial charge in [-0.3, -0.25) is 4.79 Å². The van der Waals surface area contributed by atoms with Crippen molar-refractivity contribution in [3.8, 4) is 0 Å². The smallest absolute Gasteiger partial charge is 0.306 e. The summed E-state index contributed by atoms with van der Waals surface area (Å²) in [6.07, 6.45) is 6.92. The average molecular weight is 257 g/mol. The summed E-state index contributed by atoms with van der Waals surface area (Å²) in [6.45, 7) is 0. The van der Waals surface area contributed by atoms with Gasteiger partial charge in [0.05, 0.1) is 5.92 Å². The van der Waals surface area contributed by atoms with Gasteiger partial charge in [0.15, 0.2) is 0 Å². The van der Waals surface area contributed by atoms with Crippen molar-refractivity contribution in [1.29, 1.82) is 0 Å². The van der Waals surface area contributed by atoms with E-state index in [2.05, 4.69) is 29.4 Å². The van der Waals surface area contributed by atoms with Gasteiger partial charge in [-0.2, -0.15) is 0 Å². The van der Waals surface area contributed by atoms with Crippen LogP contribution in [-0.4, -0.2) is 16.1 Å². The van der Waals surface area contributed by atoms with Crippen molar-refractivity contribution in [3.63, 3.8) is 0 Å². The monoisotopic (exact) mass is 257 g/mol. The molecule has 1 heterocycles.